The van der Waals surface area contributed by atoms with Crippen molar-refractivity contribution in [3.63, 3.8) is 0 Å². The molecule has 134 valence electrons. The zero-order chi connectivity index (χ0) is 18.0. The van der Waals surface area contributed by atoms with Crippen molar-refractivity contribution in [1.29, 1.82) is 0 Å². The van der Waals surface area contributed by atoms with E-state index in [0.717, 1.165) is 25.7 Å². The molecule has 4 aliphatic carbocycles. The summed E-state index contributed by atoms with van der Waals surface area (Å²) in [5.41, 5.74) is 2.54. The molecule has 0 aromatic heterocycles. The summed E-state index contributed by atoms with van der Waals surface area (Å²) in [5.74, 6) is 1.39. The van der Waals surface area contributed by atoms with Crippen molar-refractivity contribution in [2.75, 3.05) is 6.61 Å². The lowest BCUT2D eigenvalue weighted by Crippen LogP contribution is -2.45. The molecule has 6 atom stereocenters. The minimum absolute atomic E-state index is 0.0140. The van der Waals surface area contributed by atoms with Crippen LogP contribution < -0.4 is 0 Å². The minimum atomic E-state index is -0.339. The largest absolute Gasteiger partial charge is 0.389 e. The zero-order valence-electron chi connectivity index (χ0n) is 15.4. The number of carbonyl (C=O) groups is 2. The molecular formula is C22H28O3. The first-order valence-corrected chi connectivity index (χ1v) is 9.59. The summed E-state index contributed by atoms with van der Waals surface area (Å²) in [5, 5.41) is 9.46. The molecule has 0 aliphatic heterocycles. The molecule has 0 bridgehead atoms. The molecule has 2 unspecified atom stereocenters. The fourth-order valence-electron chi connectivity index (χ4n) is 6.67. The van der Waals surface area contributed by atoms with Gasteiger partial charge in [0.2, 0.25) is 0 Å². The molecule has 0 aromatic carbocycles. The highest BCUT2D eigenvalue weighted by Crippen LogP contribution is 2.65. The van der Waals surface area contributed by atoms with Crippen LogP contribution in [0.15, 0.2) is 35.5 Å². The number of fused-ring (bicyclic) bond motifs is 5. The average molecular weight is 340 g/mol. The van der Waals surface area contributed by atoms with Gasteiger partial charge in [0.15, 0.2) is 11.6 Å². The number of aliphatic hydroxyl groups is 1. The first-order valence-electron chi connectivity index (χ1n) is 9.59. The van der Waals surface area contributed by atoms with Gasteiger partial charge in [0.1, 0.15) is 6.61 Å². The van der Waals surface area contributed by atoms with Crippen LogP contribution in [0.1, 0.15) is 46.5 Å². The maximum absolute atomic E-state index is 12.4. The highest BCUT2D eigenvalue weighted by Gasteiger charge is 2.59. The third kappa shape index (κ3) is 2.21. The maximum Gasteiger partial charge on any atom is 0.178 e. The van der Waals surface area contributed by atoms with Crippen molar-refractivity contribution in [2.24, 2.45) is 34.5 Å². The Labute approximate surface area is 149 Å². The van der Waals surface area contributed by atoms with Gasteiger partial charge >= 0.3 is 0 Å². The van der Waals surface area contributed by atoms with E-state index in [4.69, 9.17) is 0 Å². The molecule has 0 heterocycles. The number of aliphatic hydroxyl groups excluding tert-OH is 1. The topological polar surface area (TPSA) is 54.4 Å². The Hall–Kier alpha value is -1.48. The van der Waals surface area contributed by atoms with E-state index in [-0.39, 0.29) is 34.9 Å². The molecule has 0 saturated heterocycles. The maximum atomic E-state index is 12.4. The summed E-state index contributed by atoms with van der Waals surface area (Å²) < 4.78 is 0. The second-order valence-corrected chi connectivity index (χ2v) is 9.04. The molecule has 4 rings (SSSR count). The molecule has 0 spiro atoms. The van der Waals surface area contributed by atoms with Crippen LogP contribution in [0.4, 0.5) is 0 Å². The van der Waals surface area contributed by atoms with Gasteiger partial charge in [0, 0.05) is 11.3 Å². The van der Waals surface area contributed by atoms with Crippen LogP contribution in [0.2, 0.25) is 0 Å². The van der Waals surface area contributed by atoms with Crippen LogP contribution in [-0.4, -0.2) is 23.3 Å². The minimum Gasteiger partial charge on any atom is -0.389 e. The van der Waals surface area contributed by atoms with Crippen LogP contribution in [0.5, 0.6) is 0 Å². The van der Waals surface area contributed by atoms with Crippen LogP contribution in [-0.2, 0) is 9.59 Å². The predicted molar refractivity (Wildman–Crippen MR) is 96.7 cm³/mol. The predicted octanol–water partition coefficient (Wildman–Crippen LogP) is 3.64. The number of hydrogen-bond acceptors (Lipinski definition) is 3. The van der Waals surface area contributed by atoms with Gasteiger partial charge in [-0.2, -0.15) is 0 Å². The van der Waals surface area contributed by atoms with Gasteiger partial charge in [0.05, 0.1) is 0 Å². The van der Waals surface area contributed by atoms with Gasteiger partial charge in [-0.05, 0) is 67.9 Å². The van der Waals surface area contributed by atoms with Crippen molar-refractivity contribution in [1.82, 2.24) is 0 Å². The number of hydrogen-bond donors (Lipinski definition) is 1. The standard InChI is InChI=1S/C22H28O3/c1-13-10-18-16-5-4-14-11-15(24)6-8-21(14,2)17(16)7-9-22(18,3)20(13)19(25)12-23/h6-8,11,13,16,18,20,23H,4-5,9-10,12H2,1-3H3/t13-,16?,18?,20+,21-,22-/m0/s1. The SMILES string of the molecule is C[C@H]1CC2C3CCC4=CC(=O)C=C[C@]4(C)C3=CC[C@]2(C)[C@H]1C(=O)CO. The molecule has 25 heavy (non-hydrogen) atoms. The molecule has 0 amide bonds. The first-order chi connectivity index (χ1) is 11.8. The molecule has 0 radical (unpaired) electrons. The van der Waals surface area contributed by atoms with E-state index in [1.54, 1.807) is 6.08 Å². The summed E-state index contributed by atoms with van der Waals surface area (Å²) in [4.78, 5) is 24.2. The molecule has 3 heteroatoms. The summed E-state index contributed by atoms with van der Waals surface area (Å²) in [6.45, 7) is 6.35. The lowest BCUT2D eigenvalue weighted by atomic mass is 9.52. The van der Waals surface area contributed by atoms with Crippen molar-refractivity contribution >= 4 is 11.6 Å². The van der Waals surface area contributed by atoms with Crippen LogP contribution in [0.25, 0.3) is 0 Å². The highest BCUT2D eigenvalue weighted by molar-refractivity contribution is 6.01. The second-order valence-electron chi connectivity index (χ2n) is 9.04. The van der Waals surface area contributed by atoms with E-state index < -0.39 is 0 Å². The molecule has 2 fully saturated rings. The van der Waals surface area contributed by atoms with E-state index in [2.05, 4.69) is 32.9 Å². The quantitative estimate of drug-likeness (QED) is 0.781. The lowest BCUT2D eigenvalue weighted by molar-refractivity contribution is -0.131. The summed E-state index contributed by atoms with van der Waals surface area (Å²) in [6, 6.07) is 0. The number of allylic oxidation sites excluding steroid dienone is 6. The fraction of sp³-hybridized carbons (Fsp3) is 0.636. The van der Waals surface area contributed by atoms with Gasteiger partial charge in [-0.1, -0.05) is 37.1 Å². The van der Waals surface area contributed by atoms with Crippen LogP contribution in [0.3, 0.4) is 0 Å². The van der Waals surface area contributed by atoms with Crippen LogP contribution >= 0.6 is 0 Å². The van der Waals surface area contributed by atoms with E-state index in [1.807, 2.05) is 6.08 Å². The number of carbonyl (C=O) groups excluding carboxylic acids is 2. The third-order valence-electron chi connectivity index (χ3n) is 7.79. The monoisotopic (exact) mass is 340 g/mol. The highest BCUT2D eigenvalue weighted by atomic mass is 16.3. The van der Waals surface area contributed by atoms with E-state index in [9.17, 15) is 14.7 Å². The Morgan fingerprint density at radius 2 is 2.12 bits per heavy atom. The average Bonchev–Trinajstić information content (AvgIpc) is 2.85. The second kappa shape index (κ2) is 5.51. The number of ketones is 2. The first kappa shape index (κ1) is 17.0. The smallest absolute Gasteiger partial charge is 0.178 e. The molecule has 1 N–H and O–H groups in total. The summed E-state index contributed by atoms with van der Waals surface area (Å²) >= 11 is 0. The number of Topliss-reactive ketones (excluding diaryl/α,β-unsaturated/α-hetero) is 1. The van der Waals surface area contributed by atoms with Gasteiger partial charge in [0.25, 0.3) is 0 Å². The van der Waals surface area contributed by atoms with Gasteiger partial charge in [-0.15, -0.1) is 0 Å². The van der Waals surface area contributed by atoms with E-state index >= 15 is 0 Å². The van der Waals surface area contributed by atoms with Gasteiger partial charge in [-0.25, -0.2) is 0 Å². The van der Waals surface area contributed by atoms with Crippen molar-refractivity contribution in [3.8, 4) is 0 Å². The molecule has 3 nitrogen and oxygen atoms in total. The lowest BCUT2D eigenvalue weighted by Gasteiger charge is -2.52. The van der Waals surface area contributed by atoms with Crippen molar-refractivity contribution < 1.29 is 14.7 Å². The molecule has 2 saturated carbocycles. The van der Waals surface area contributed by atoms with Crippen molar-refractivity contribution in [3.05, 3.63) is 35.5 Å². The zero-order valence-corrected chi connectivity index (χ0v) is 15.4. The Kier molecular flexibility index (Phi) is 3.74. The Balaban J connectivity index is 1.75. The van der Waals surface area contributed by atoms with E-state index in [0.29, 0.717) is 17.8 Å². The Morgan fingerprint density at radius 3 is 2.84 bits per heavy atom. The molecular weight excluding hydrogens is 312 g/mol. The summed E-state index contributed by atoms with van der Waals surface area (Å²) in [6.07, 6.45) is 12.0. The fourth-order valence-corrected chi connectivity index (χ4v) is 6.67. The summed E-state index contributed by atoms with van der Waals surface area (Å²) in [7, 11) is 0. The third-order valence-corrected chi connectivity index (χ3v) is 7.79. The Morgan fingerprint density at radius 1 is 1.36 bits per heavy atom. The molecule has 0 aromatic rings. The molecule has 4 aliphatic rings. The Bertz CT molecular complexity index is 728. The normalized spacial score (nSPS) is 45.2. The van der Waals surface area contributed by atoms with Gasteiger partial charge in [-0.3, -0.25) is 9.59 Å². The van der Waals surface area contributed by atoms with Gasteiger partial charge < -0.3 is 5.11 Å². The van der Waals surface area contributed by atoms with Crippen molar-refractivity contribution in [2.45, 2.75) is 46.5 Å². The van der Waals surface area contributed by atoms with E-state index in [1.165, 1.54) is 11.1 Å². The van der Waals surface area contributed by atoms with Crippen LogP contribution in [0, 0.1) is 34.5 Å². The number of rotatable bonds is 2.